The minimum atomic E-state index is -0.0595. The molecule has 0 radical (unpaired) electrons. The number of fused-ring (bicyclic) bond motifs is 1. The summed E-state index contributed by atoms with van der Waals surface area (Å²) in [5.74, 6) is 1.48. The van der Waals surface area contributed by atoms with E-state index in [4.69, 9.17) is 4.74 Å². The number of amides is 1. The largest absolute Gasteiger partial charge is 0.497 e. The van der Waals surface area contributed by atoms with Gasteiger partial charge < -0.3 is 15.0 Å². The summed E-state index contributed by atoms with van der Waals surface area (Å²) in [7, 11) is 3.55. The molecule has 2 aromatic carbocycles. The molecule has 0 aliphatic carbocycles. The Balaban J connectivity index is 1.46. The zero-order chi connectivity index (χ0) is 20.9. The topological polar surface area (TPSA) is 67.3 Å². The van der Waals surface area contributed by atoms with E-state index in [1.54, 1.807) is 30.8 Å². The first kappa shape index (κ1) is 19.8. The van der Waals surface area contributed by atoms with Crippen LogP contribution in [0.2, 0.25) is 0 Å². The summed E-state index contributed by atoms with van der Waals surface area (Å²) in [4.78, 5) is 25.4. The fraction of sp³-hybridized carbons (Fsp3) is 0.174. The number of carbonyl (C=O) groups is 1. The second-order valence-electron chi connectivity index (χ2n) is 6.84. The zero-order valence-corrected chi connectivity index (χ0v) is 17.6. The van der Waals surface area contributed by atoms with E-state index in [1.165, 1.54) is 0 Å². The van der Waals surface area contributed by atoms with E-state index in [1.807, 2.05) is 48.3 Å². The lowest BCUT2D eigenvalue weighted by Crippen LogP contribution is -2.24. The highest BCUT2D eigenvalue weighted by Gasteiger charge is 2.14. The third-order valence-corrected chi connectivity index (χ3v) is 5.85. The Hall–Kier alpha value is -3.45. The minimum absolute atomic E-state index is 0.0595. The lowest BCUT2D eigenvalue weighted by atomic mass is 10.2. The molecule has 0 saturated heterocycles. The number of ether oxygens (including phenoxy) is 1. The van der Waals surface area contributed by atoms with E-state index >= 15 is 0 Å². The quantitative estimate of drug-likeness (QED) is 0.466. The predicted molar refractivity (Wildman–Crippen MR) is 122 cm³/mol. The Kier molecular flexibility index (Phi) is 5.90. The Bertz CT molecular complexity index is 1160. The average Bonchev–Trinajstić information content (AvgIpc) is 3.22. The molecule has 4 rings (SSSR count). The molecule has 0 spiro atoms. The number of hydrogen-bond acceptors (Lipinski definition) is 6. The summed E-state index contributed by atoms with van der Waals surface area (Å²) in [6.45, 7) is 0.540. The number of methoxy groups -OCH3 is 1. The molecule has 0 unspecified atom stereocenters. The second kappa shape index (κ2) is 8.92. The first-order valence-electron chi connectivity index (χ1n) is 9.59. The van der Waals surface area contributed by atoms with Crippen LogP contribution in [0.1, 0.15) is 6.42 Å². The molecule has 1 amide bonds. The number of hydrogen-bond donors (Lipinski definition) is 1. The number of thiophene rings is 1. The van der Waals surface area contributed by atoms with Crippen molar-refractivity contribution < 1.29 is 9.53 Å². The lowest BCUT2D eigenvalue weighted by Gasteiger charge is -2.18. The smallest absolute Gasteiger partial charge is 0.226 e. The Labute approximate surface area is 179 Å². The highest BCUT2D eigenvalue weighted by atomic mass is 32.1. The number of benzene rings is 2. The zero-order valence-electron chi connectivity index (χ0n) is 16.8. The summed E-state index contributed by atoms with van der Waals surface area (Å²) < 4.78 is 5.19. The molecular formula is C23H22N4O2S. The van der Waals surface area contributed by atoms with E-state index in [2.05, 4.69) is 33.5 Å². The van der Waals surface area contributed by atoms with Crippen LogP contribution in [0.25, 0.3) is 20.7 Å². The van der Waals surface area contributed by atoms with Crippen molar-refractivity contribution in [1.82, 2.24) is 9.97 Å². The van der Waals surface area contributed by atoms with Crippen LogP contribution >= 0.6 is 11.3 Å². The van der Waals surface area contributed by atoms with Crippen molar-refractivity contribution in [3.05, 3.63) is 67.0 Å². The van der Waals surface area contributed by atoms with Crippen LogP contribution in [-0.4, -0.2) is 36.6 Å². The SMILES string of the molecule is COc1cccc(NC(=O)CCN(C)c2ncnc3sc(-c4ccccc4)cc23)c1. The number of carbonyl (C=O) groups excluding carboxylic acids is 1. The van der Waals surface area contributed by atoms with E-state index in [-0.39, 0.29) is 5.91 Å². The molecule has 30 heavy (non-hydrogen) atoms. The van der Waals surface area contributed by atoms with Crippen LogP contribution in [-0.2, 0) is 4.79 Å². The van der Waals surface area contributed by atoms with E-state index < -0.39 is 0 Å². The van der Waals surface area contributed by atoms with Gasteiger partial charge in [-0.2, -0.15) is 0 Å². The molecule has 0 fully saturated rings. The third kappa shape index (κ3) is 4.41. The van der Waals surface area contributed by atoms with E-state index in [0.717, 1.165) is 32.2 Å². The molecule has 0 bridgehead atoms. The number of nitrogens with one attached hydrogen (secondary N) is 1. The van der Waals surface area contributed by atoms with Gasteiger partial charge in [0, 0.05) is 36.6 Å². The van der Waals surface area contributed by atoms with Crippen LogP contribution in [0, 0.1) is 0 Å². The first-order chi connectivity index (χ1) is 14.6. The molecule has 0 saturated carbocycles. The molecule has 152 valence electrons. The summed E-state index contributed by atoms with van der Waals surface area (Å²) in [6, 6.07) is 19.7. The van der Waals surface area contributed by atoms with Crippen molar-refractivity contribution in [3.63, 3.8) is 0 Å². The first-order valence-corrected chi connectivity index (χ1v) is 10.4. The van der Waals surface area contributed by atoms with Gasteiger partial charge in [0.05, 0.1) is 12.5 Å². The van der Waals surface area contributed by atoms with Gasteiger partial charge in [0.1, 0.15) is 22.7 Å². The molecule has 0 aliphatic heterocycles. The van der Waals surface area contributed by atoms with Gasteiger partial charge in [0.2, 0.25) is 5.91 Å². The third-order valence-electron chi connectivity index (χ3n) is 4.76. The molecule has 0 aliphatic rings. The van der Waals surface area contributed by atoms with E-state index in [0.29, 0.717) is 18.7 Å². The van der Waals surface area contributed by atoms with Gasteiger partial charge in [0.25, 0.3) is 0 Å². The molecule has 7 heteroatoms. The maximum atomic E-state index is 12.4. The molecule has 6 nitrogen and oxygen atoms in total. The van der Waals surface area contributed by atoms with Gasteiger partial charge in [-0.15, -0.1) is 11.3 Å². The Morgan fingerprint density at radius 1 is 1.10 bits per heavy atom. The number of aromatic nitrogens is 2. The van der Waals surface area contributed by atoms with Gasteiger partial charge in [-0.05, 0) is 23.8 Å². The second-order valence-corrected chi connectivity index (χ2v) is 7.88. The van der Waals surface area contributed by atoms with Crippen molar-refractivity contribution >= 4 is 39.0 Å². The monoisotopic (exact) mass is 418 g/mol. The van der Waals surface area contributed by atoms with Crippen molar-refractivity contribution in [1.29, 1.82) is 0 Å². The van der Waals surface area contributed by atoms with Crippen molar-refractivity contribution in [3.8, 4) is 16.2 Å². The van der Waals surface area contributed by atoms with Crippen LogP contribution in [0.4, 0.5) is 11.5 Å². The maximum absolute atomic E-state index is 12.4. The van der Waals surface area contributed by atoms with Crippen LogP contribution in [0.3, 0.4) is 0 Å². The Morgan fingerprint density at radius 2 is 1.93 bits per heavy atom. The fourth-order valence-electron chi connectivity index (χ4n) is 3.19. The Morgan fingerprint density at radius 3 is 2.73 bits per heavy atom. The minimum Gasteiger partial charge on any atom is -0.497 e. The highest BCUT2D eigenvalue weighted by Crippen LogP contribution is 2.35. The van der Waals surface area contributed by atoms with Gasteiger partial charge >= 0.3 is 0 Å². The summed E-state index contributed by atoms with van der Waals surface area (Å²) >= 11 is 1.64. The molecule has 1 N–H and O–H groups in total. The summed E-state index contributed by atoms with van der Waals surface area (Å²) in [6.07, 6.45) is 1.92. The molecule has 2 heterocycles. The van der Waals surface area contributed by atoms with Crippen LogP contribution < -0.4 is 15.0 Å². The number of rotatable bonds is 7. The average molecular weight is 419 g/mol. The van der Waals surface area contributed by atoms with Crippen LogP contribution in [0.5, 0.6) is 5.75 Å². The van der Waals surface area contributed by atoms with Gasteiger partial charge in [0.15, 0.2) is 0 Å². The predicted octanol–water partition coefficient (Wildman–Crippen LogP) is 4.83. The number of nitrogens with zero attached hydrogens (tertiary/aromatic N) is 3. The molecule has 2 aromatic heterocycles. The lowest BCUT2D eigenvalue weighted by molar-refractivity contribution is -0.116. The van der Waals surface area contributed by atoms with Crippen molar-refractivity contribution in [2.45, 2.75) is 6.42 Å². The normalized spacial score (nSPS) is 10.7. The molecule has 0 atom stereocenters. The summed E-state index contributed by atoms with van der Waals surface area (Å²) in [5.41, 5.74) is 1.88. The molecule has 4 aromatic rings. The highest BCUT2D eigenvalue weighted by molar-refractivity contribution is 7.21. The van der Waals surface area contributed by atoms with Gasteiger partial charge in [-0.25, -0.2) is 9.97 Å². The number of anilines is 2. The standard InChI is InChI=1S/C23H22N4O2S/c1-27(12-11-21(28)26-17-9-6-10-18(13-17)29-2)22-19-14-20(16-7-4-3-5-8-16)30-23(19)25-15-24-22/h3-10,13-15H,11-12H2,1-2H3,(H,26,28). The fourth-order valence-corrected chi connectivity index (χ4v) is 4.19. The van der Waals surface area contributed by atoms with Gasteiger partial charge in [-0.1, -0.05) is 36.4 Å². The van der Waals surface area contributed by atoms with Crippen LogP contribution in [0.15, 0.2) is 67.0 Å². The van der Waals surface area contributed by atoms with Crippen molar-refractivity contribution in [2.75, 3.05) is 30.9 Å². The van der Waals surface area contributed by atoms with E-state index in [9.17, 15) is 4.79 Å². The maximum Gasteiger partial charge on any atom is 0.226 e. The van der Waals surface area contributed by atoms with Gasteiger partial charge in [-0.3, -0.25) is 4.79 Å². The summed E-state index contributed by atoms with van der Waals surface area (Å²) in [5, 5.41) is 3.91. The van der Waals surface area contributed by atoms with Crippen molar-refractivity contribution in [2.24, 2.45) is 0 Å². The molecular weight excluding hydrogens is 396 g/mol.